The van der Waals surface area contributed by atoms with E-state index in [2.05, 4.69) is 24.1 Å². The summed E-state index contributed by atoms with van der Waals surface area (Å²) in [5, 5.41) is 10.6. The largest absolute Gasteiger partial charge is 0.448 e. The molecule has 2 aromatic rings. The number of pyridine rings is 1. The van der Waals surface area contributed by atoms with E-state index >= 15 is 0 Å². The van der Waals surface area contributed by atoms with Crippen LogP contribution in [0.15, 0.2) is 29.1 Å². The normalized spacial score (nSPS) is 11.9. The Balaban J connectivity index is 2.21. The third-order valence-corrected chi connectivity index (χ3v) is 5.27. The van der Waals surface area contributed by atoms with Gasteiger partial charge < -0.3 is 24.8 Å². The van der Waals surface area contributed by atoms with Crippen molar-refractivity contribution < 1.29 is 18.3 Å². The van der Waals surface area contributed by atoms with Crippen LogP contribution in [0.1, 0.15) is 5.69 Å². The Labute approximate surface area is 164 Å². The molecule has 0 amide bonds. The van der Waals surface area contributed by atoms with Crippen LogP contribution >= 0.6 is 10.0 Å². The molecule has 0 radical (unpaired) electrons. The van der Waals surface area contributed by atoms with E-state index in [4.69, 9.17) is 14.9 Å². The second-order valence-electron chi connectivity index (χ2n) is 7.02. The third-order valence-electron chi connectivity index (χ3n) is 3.88. The molecule has 0 saturated heterocycles. The highest BCUT2D eigenvalue weighted by Crippen LogP contribution is 2.33. The number of hydrogen-bond acceptors (Lipinski definition) is 5. The molecule has 0 aliphatic heterocycles. The molecule has 1 heterocycles. The fourth-order valence-electron chi connectivity index (χ4n) is 2.30. The summed E-state index contributed by atoms with van der Waals surface area (Å²) in [6.07, 6.45) is 7.62. The van der Waals surface area contributed by atoms with E-state index in [1.54, 1.807) is 0 Å². The predicted molar refractivity (Wildman–Crippen MR) is 111 cm³/mol. The molecule has 0 aliphatic rings. The van der Waals surface area contributed by atoms with Crippen LogP contribution in [0.2, 0.25) is 0 Å². The molecule has 0 spiro atoms. The first-order valence-electron chi connectivity index (χ1n) is 8.47. The van der Waals surface area contributed by atoms with Crippen molar-refractivity contribution in [1.29, 1.82) is 5.41 Å². The van der Waals surface area contributed by atoms with Gasteiger partial charge in [-0.3, -0.25) is 4.79 Å². The maximum absolute atomic E-state index is 13.9. The summed E-state index contributed by atoms with van der Waals surface area (Å²) >= 11 is 0. The summed E-state index contributed by atoms with van der Waals surface area (Å²) in [6.45, 7) is 0.764. The molecule has 0 fully saturated rings. The number of hydrogen-bond donors (Lipinski definition) is 2. The zero-order valence-electron chi connectivity index (χ0n) is 16.3. The van der Waals surface area contributed by atoms with E-state index < -0.39 is 27.2 Å². The monoisotopic (exact) mass is 413 g/mol. The van der Waals surface area contributed by atoms with Crippen molar-refractivity contribution >= 4 is 21.9 Å². The van der Waals surface area contributed by atoms with Gasteiger partial charge in [-0.15, -0.1) is 0 Å². The summed E-state index contributed by atoms with van der Waals surface area (Å²) in [6, 6.07) is 4.21. The van der Waals surface area contributed by atoms with Crippen LogP contribution < -0.4 is 15.6 Å². The standard InChI is InChI=1S/C19H25F2N3O3S/c1-24-16(11-22)15(23-12-26-7-8-28(2,3)4)10-18(19(24)25)27-17-6-5-13(20)9-14(17)21/h5-6,9-11,22-23H,7-8,12H2,1-4H3. The highest BCUT2D eigenvalue weighted by atomic mass is 32.3. The molecule has 2 N–H and O–H groups in total. The fraction of sp³-hybridized carbons (Fsp3) is 0.368. The Hall–Kier alpha value is -2.39. The number of halogens is 2. The summed E-state index contributed by atoms with van der Waals surface area (Å²) < 4.78 is 39.1. The molecular formula is C19H25F2N3O3S. The quantitative estimate of drug-likeness (QED) is 0.375. The fourth-order valence-corrected chi connectivity index (χ4v) is 2.92. The van der Waals surface area contributed by atoms with E-state index in [-0.39, 0.29) is 18.2 Å². The second-order valence-corrected chi connectivity index (χ2v) is 11.6. The van der Waals surface area contributed by atoms with Crippen molar-refractivity contribution in [2.24, 2.45) is 7.05 Å². The number of anilines is 1. The molecule has 6 nitrogen and oxygen atoms in total. The molecule has 0 bridgehead atoms. The first-order chi connectivity index (χ1) is 13.1. The highest BCUT2D eigenvalue weighted by Gasteiger charge is 2.15. The van der Waals surface area contributed by atoms with E-state index in [1.807, 2.05) is 0 Å². The van der Waals surface area contributed by atoms with Crippen LogP contribution in [0.3, 0.4) is 0 Å². The Morgan fingerprint density at radius 3 is 2.54 bits per heavy atom. The van der Waals surface area contributed by atoms with Gasteiger partial charge in [-0.2, -0.15) is 0 Å². The smallest absolute Gasteiger partial charge is 0.293 e. The summed E-state index contributed by atoms with van der Waals surface area (Å²) in [5.74, 6) is -1.12. The third kappa shape index (κ3) is 5.80. The molecule has 154 valence electrons. The lowest BCUT2D eigenvalue weighted by molar-refractivity contribution is 0.169. The van der Waals surface area contributed by atoms with Gasteiger partial charge in [-0.1, -0.05) is 0 Å². The van der Waals surface area contributed by atoms with Crippen molar-refractivity contribution in [3.63, 3.8) is 0 Å². The Bertz CT molecular complexity index is 911. The number of aromatic nitrogens is 1. The minimum Gasteiger partial charge on any atom is -0.448 e. The summed E-state index contributed by atoms with van der Waals surface area (Å²) in [7, 11) is 0.818. The molecule has 0 saturated carbocycles. The van der Waals surface area contributed by atoms with Crippen molar-refractivity contribution in [1.82, 2.24) is 4.57 Å². The van der Waals surface area contributed by atoms with E-state index in [0.717, 1.165) is 24.1 Å². The van der Waals surface area contributed by atoms with Crippen LogP contribution in [0.4, 0.5) is 14.5 Å². The predicted octanol–water partition coefficient (Wildman–Crippen LogP) is 3.53. The molecule has 1 aromatic carbocycles. The van der Waals surface area contributed by atoms with Crippen molar-refractivity contribution in [3.05, 3.63) is 51.9 Å². The maximum atomic E-state index is 13.9. The molecule has 0 unspecified atom stereocenters. The lowest BCUT2D eigenvalue weighted by Gasteiger charge is -2.24. The Kier molecular flexibility index (Phi) is 7.20. The molecule has 28 heavy (non-hydrogen) atoms. The van der Waals surface area contributed by atoms with Gasteiger partial charge in [0.05, 0.1) is 18.0 Å². The highest BCUT2D eigenvalue weighted by molar-refractivity contribution is 8.32. The molecule has 1 aromatic heterocycles. The molecule has 0 aliphatic carbocycles. The number of rotatable bonds is 9. The Morgan fingerprint density at radius 2 is 1.93 bits per heavy atom. The molecule has 0 atom stereocenters. The van der Waals surface area contributed by atoms with Crippen molar-refractivity contribution in [2.45, 2.75) is 0 Å². The first-order valence-corrected chi connectivity index (χ1v) is 11.5. The zero-order valence-corrected chi connectivity index (χ0v) is 17.2. The molecule has 9 heteroatoms. The number of benzene rings is 1. The van der Waals surface area contributed by atoms with Gasteiger partial charge in [0.2, 0.25) is 0 Å². The van der Waals surface area contributed by atoms with Crippen LogP contribution in [-0.4, -0.2) is 48.6 Å². The number of ether oxygens (including phenoxy) is 2. The van der Waals surface area contributed by atoms with Gasteiger partial charge >= 0.3 is 0 Å². The topological polar surface area (TPSA) is 76.3 Å². The lowest BCUT2D eigenvalue weighted by atomic mass is 10.2. The second kappa shape index (κ2) is 9.20. The average Bonchev–Trinajstić information content (AvgIpc) is 2.60. The Morgan fingerprint density at radius 1 is 1.21 bits per heavy atom. The van der Waals surface area contributed by atoms with Gasteiger partial charge in [0.25, 0.3) is 5.56 Å². The van der Waals surface area contributed by atoms with E-state index in [1.165, 1.54) is 17.7 Å². The maximum Gasteiger partial charge on any atom is 0.293 e. The van der Waals surface area contributed by atoms with Crippen LogP contribution in [0.25, 0.3) is 0 Å². The minimum atomic E-state index is -0.916. The summed E-state index contributed by atoms with van der Waals surface area (Å²) in [5.41, 5.74) is 0.199. The van der Waals surface area contributed by atoms with Gasteiger partial charge in [-0.25, -0.2) is 18.8 Å². The van der Waals surface area contributed by atoms with Crippen LogP contribution in [0.5, 0.6) is 11.5 Å². The minimum absolute atomic E-state index is 0.153. The van der Waals surface area contributed by atoms with Crippen molar-refractivity contribution in [3.8, 4) is 11.5 Å². The van der Waals surface area contributed by atoms with Crippen molar-refractivity contribution in [2.75, 3.05) is 43.2 Å². The van der Waals surface area contributed by atoms with E-state index in [0.29, 0.717) is 24.1 Å². The molecule has 2 rings (SSSR count). The SMILES string of the molecule is Cn1c(C=N)c(NCOCCS(C)(C)C)cc(Oc2ccc(F)cc2F)c1=O. The summed E-state index contributed by atoms with van der Waals surface area (Å²) in [4.78, 5) is 12.5. The van der Waals surface area contributed by atoms with Gasteiger partial charge in [0.1, 0.15) is 12.5 Å². The van der Waals surface area contributed by atoms with E-state index in [9.17, 15) is 13.6 Å². The van der Waals surface area contributed by atoms with Gasteiger partial charge in [-0.05, 0) is 30.9 Å². The zero-order chi connectivity index (χ0) is 20.9. The van der Waals surface area contributed by atoms with Crippen LogP contribution in [0, 0.1) is 17.0 Å². The average molecular weight is 413 g/mol. The van der Waals surface area contributed by atoms with Gasteiger partial charge in [0.15, 0.2) is 17.3 Å². The van der Waals surface area contributed by atoms with Crippen LogP contribution in [-0.2, 0) is 11.8 Å². The lowest BCUT2D eigenvalue weighted by Crippen LogP contribution is -2.24. The number of nitrogens with zero attached hydrogens (tertiary/aromatic N) is 1. The molecular weight excluding hydrogens is 388 g/mol. The number of nitrogens with one attached hydrogen (secondary N) is 2. The first kappa shape index (κ1) is 21.9. The van der Waals surface area contributed by atoms with Gasteiger partial charge in [0, 0.05) is 31.1 Å².